The summed E-state index contributed by atoms with van der Waals surface area (Å²) < 4.78 is 31.5. The van der Waals surface area contributed by atoms with E-state index in [9.17, 15) is 18.9 Å². The molecule has 1 aromatic heterocycles. The Morgan fingerprint density at radius 2 is 1.81 bits per heavy atom. The number of nitrogens with two attached hydrogens (primary N) is 1. The van der Waals surface area contributed by atoms with Crippen LogP contribution >= 0.6 is 23.2 Å². The van der Waals surface area contributed by atoms with Crippen LogP contribution in [0.4, 0.5) is 20.3 Å². The summed E-state index contributed by atoms with van der Waals surface area (Å²) >= 11 is 11.4. The highest BCUT2D eigenvalue weighted by Crippen LogP contribution is 2.38. The van der Waals surface area contributed by atoms with Gasteiger partial charge in [-0.1, -0.05) is 23.2 Å². The zero-order valence-electron chi connectivity index (χ0n) is 9.94. The van der Waals surface area contributed by atoms with E-state index in [4.69, 9.17) is 33.7 Å². The van der Waals surface area contributed by atoms with E-state index in [2.05, 4.69) is 4.98 Å². The number of hydrogen-bond donors (Lipinski definition) is 1. The Bertz CT molecular complexity index is 743. The van der Waals surface area contributed by atoms with Crippen molar-refractivity contribution in [3.8, 4) is 11.6 Å². The number of rotatable bonds is 3. The number of aromatic nitrogens is 1. The Labute approximate surface area is 126 Å². The first-order chi connectivity index (χ1) is 9.79. The SMILES string of the molecule is Nc1nc(Oc2cc(Cl)c(Cl)cc2[N+](=O)[O-])c(F)cc1F. The summed E-state index contributed by atoms with van der Waals surface area (Å²) in [6, 6.07) is 2.40. The molecule has 0 aliphatic rings. The molecule has 0 saturated heterocycles. The normalized spacial score (nSPS) is 10.5. The van der Waals surface area contributed by atoms with Gasteiger partial charge in [0.05, 0.1) is 15.0 Å². The molecule has 0 saturated carbocycles. The van der Waals surface area contributed by atoms with E-state index < -0.39 is 39.7 Å². The first-order valence-electron chi connectivity index (χ1n) is 5.22. The third-order valence-corrected chi connectivity index (χ3v) is 3.05. The first kappa shape index (κ1) is 15.2. The second-order valence-corrected chi connectivity index (χ2v) is 4.55. The average molecular weight is 336 g/mol. The lowest BCUT2D eigenvalue weighted by Crippen LogP contribution is -2.01. The molecular formula is C11H5Cl2F2N3O3. The van der Waals surface area contributed by atoms with Crippen molar-refractivity contribution in [2.75, 3.05) is 5.73 Å². The Morgan fingerprint density at radius 1 is 1.19 bits per heavy atom. The highest BCUT2D eigenvalue weighted by atomic mass is 35.5. The number of nitrogen functional groups attached to an aromatic ring is 1. The molecular weight excluding hydrogens is 331 g/mol. The number of anilines is 1. The summed E-state index contributed by atoms with van der Waals surface area (Å²) in [4.78, 5) is 13.4. The van der Waals surface area contributed by atoms with Gasteiger partial charge in [0, 0.05) is 18.2 Å². The van der Waals surface area contributed by atoms with E-state index in [1.807, 2.05) is 0 Å². The third kappa shape index (κ3) is 3.11. The van der Waals surface area contributed by atoms with Gasteiger partial charge in [-0.25, -0.2) is 8.78 Å². The topological polar surface area (TPSA) is 91.3 Å². The molecule has 0 spiro atoms. The maximum Gasteiger partial charge on any atom is 0.313 e. The average Bonchev–Trinajstić information content (AvgIpc) is 2.39. The van der Waals surface area contributed by atoms with Gasteiger partial charge in [0.15, 0.2) is 17.5 Å². The van der Waals surface area contributed by atoms with Crippen LogP contribution in [0.15, 0.2) is 18.2 Å². The van der Waals surface area contributed by atoms with E-state index in [0.717, 1.165) is 12.1 Å². The minimum atomic E-state index is -1.18. The van der Waals surface area contributed by atoms with E-state index in [1.165, 1.54) is 0 Å². The number of nitrogens with zero attached hydrogens (tertiary/aromatic N) is 2. The molecule has 2 N–H and O–H groups in total. The summed E-state index contributed by atoms with van der Waals surface area (Å²) in [5, 5.41) is 10.8. The van der Waals surface area contributed by atoms with Crippen LogP contribution in [0.25, 0.3) is 0 Å². The van der Waals surface area contributed by atoms with Crippen molar-refractivity contribution in [2.24, 2.45) is 0 Å². The Kier molecular flexibility index (Phi) is 4.10. The van der Waals surface area contributed by atoms with Gasteiger partial charge in [0.2, 0.25) is 5.75 Å². The zero-order valence-corrected chi connectivity index (χ0v) is 11.5. The minimum Gasteiger partial charge on any atom is -0.429 e. The number of pyridine rings is 1. The fraction of sp³-hybridized carbons (Fsp3) is 0. The molecule has 0 atom stereocenters. The molecule has 0 radical (unpaired) electrons. The number of halogens is 4. The third-order valence-electron chi connectivity index (χ3n) is 2.33. The van der Waals surface area contributed by atoms with Crippen LogP contribution in [0.3, 0.4) is 0 Å². The van der Waals surface area contributed by atoms with Gasteiger partial charge in [0.25, 0.3) is 5.88 Å². The Hall–Kier alpha value is -2.19. The van der Waals surface area contributed by atoms with E-state index in [0.29, 0.717) is 6.07 Å². The first-order valence-corrected chi connectivity index (χ1v) is 5.98. The van der Waals surface area contributed by atoms with Gasteiger partial charge in [-0.2, -0.15) is 4.98 Å². The van der Waals surface area contributed by atoms with Crippen LogP contribution in [0.1, 0.15) is 0 Å². The highest BCUT2D eigenvalue weighted by molar-refractivity contribution is 6.42. The Morgan fingerprint density at radius 3 is 2.43 bits per heavy atom. The van der Waals surface area contributed by atoms with Crippen LogP contribution in [0, 0.1) is 21.7 Å². The lowest BCUT2D eigenvalue weighted by Gasteiger charge is -2.08. The molecule has 0 bridgehead atoms. The molecule has 2 aromatic rings. The van der Waals surface area contributed by atoms with Crippen LogP contribution in [0.2, 0.25) is 10.0 Å². The maximum atomic E-state index is 13.5. The predicted molar refractivity (Wildman–Crippen MR) is 71.8 cm³/mol. The van der Waals surface area contributed by atoms with Crippen molar-refractivity contribution in [1.29, 1.82) is 0 Å². The molecule has 0 unspecified atom stereocenters. The van der Waals surface area contributed by atoms with E-state index >= 15 is 0 Å². The molecule has 2 rings (SSSR count). The van der Waals surface area contributed by atoms with Crippen LogP contribution < -0.4 is 10.5 Å². The summed E-state index contributed by atoms with van der Waals surface area (Å²) in [6.45, 7) is 0. The molecule has 0 aliphatic carbocycles. The highest BCUT2D eigenvalue weighted by Gasteiger charge is 2.21. The van der Waals surface area contributed by atoms with Gasteiger partial charge in [0.1, 0.15) is 0 Å². The van der Waals surface area contributed by atoms with Gasteiger partial charge in [-0.3, -0.25) is 10.1 Å². The monoisotopic (exact) mass is 335 g/mol. The molecule has 0 aliphatic heterocycles. The molecule has 1 heterocycles. The quantitative estimate of drug-likeness (QED) is 0.677. The van der Waals surface area contributed by atoms with Crippen molar-refractivity contribution in [3.63, 3.8) is 0 Å². The number of nitro groups is 1. The number of ether oxygens (including phenoxy) is 1. The number of hydrogen-bond acceptors (Lipinski definition) is 5. The summed E-state index contributed by atoms with van der Waals surface area (Å²) in [5.74, 6) is -4.01. The molecule has 0 amide bonds. The molecule has 6 nitrogen and oxygen atoms in total. The molecule has 1 aromatic carbocycles. The standard InChI is InChI=1S/C11H5Cl2F2N3O3/c12-4-1-8(18(19)20)9(2-5(4)13)21-11-7(15)3-6(14)10(16)17-11/h1-3H,(H2,16,17). The van der Waals surface area contributed by atoms with Crippen molar-refractivity contribution < 1.29 is 18.4 Å². The molecule has 21 heavy (non-hydrogen) atoms. The maximum absolute atomic E-state index is 13.5. The van der Waals surface area contributed by atoms with Gasteiger partial charge in [-0.05, 0) is 0 Å². The fourth-order valence-corrected chi connectivity index (χ4v) is 1.69. The molecule has 10 heteroatoms. The van der Waals surface area contributed by atoms with Crippen LogP contribution in [-0.2, 0) is 0 Å². The van der Waals surface area contributed by atoms with Gasteiger partial charge in [-0.15, -0.1) is 0 Å². The summed E-state index contributed by atoms with van der Waals surface area (Å²) in [7, 11) is 0. The van der Waals surface area contributed by atoms with E-state index in [-0.39, 0.29) is 10.0 Å². The number of benzene rings is 1. The van der Waals surface area contributed by atoms with Crippen LogP contribution in [-0.4, -0.2) is 9.91 Å². The van der Waals surface area contributed by atoms with E-state index in [1.54, 1.807) is 0 Å². The summed E-state index contributed by atoms with van der Waals surface area (Å²) in [6.07, 6.45) is 0. The van der Waals surface area contributed by atoms with Crippen LogP contribution in [0.5, 0.6) is 11.6 Å². The summed E-state index contributed by atoms with van der Waals surface area (Å²) in [5.41, 5.74) is 4.62. The predicted octanol–water partition coefficient (Wildman–Crippen LogP) is 3.95. The molecule has 110 valence electrons. The Balaban J connectivity index is 2.51. The van der Waals surface area contributed by atoms with Gasteiger partial charge < -0.3 is 10.5 Å². The van der Waals surface area contributed by atoms with Crippen molar-refractivity contribution in [3.05, 3.63) is 50.0 Å². The van der Waals surface area contributed by atoms with Crippen molar-refractivity contribution in [1.82, 2.24) is 4.98 Å². The largest absolute Gasteiger partial charge is 0.429 e. The minimum absolute atomic E-state index is 0.0484. The second kappa shape index (κ2) is 5.66. The smallest absolute Gasteiger partial charge is 0.313 e. The van der Waals surface area contributed by atoms with Gasteiger partial charge >= 0.3 is 5.69 Å². The second-order valence-electron chi connectivity index (χ2n) is 3.74. The van der Waals surface area contributed by atoms with Crippen molar-refractivity contribution >= 4 is 34.7 Å². The molecule has 0 fully saturated rings. The zero-order chi connectivity index (χ0) is 15.7. The lowest BCUT2D eigenvalue weighted by atomic mass is 10.3. The fourth-order valence-electron chi connectivity index (χ4n) is 1.38. The van der Waals surface area contributed by atoms with Crippen molar-refractivity contribution in [2.45, 2.75) is 0 Å². The lowest BCUT2D eigenvalue weighted by molar-refractivity contribution is -0.385. The number of nitro benzene ring substituents is 1.